The van der Waals surface area contributed by atoms with Crippen LogP contribution in [0.2, 0.25) is 0 Å². The molecular formula is C34H39BrN2O6S. The maximum atomic E-state index is 14.9. The highest BCUT2D eigenvalue weighted by Gasteiger charge is 2.76. The molecular weight excluding hydrogens is 644 g/mol. The van der Waals surface area contributed by atoms with Crippen LogP contribution in [0.1, 0.15) is 37.3 Å². The first-order chi connectivity index (χ1) is 21.3. The van der Waals surface area contributed by atoms with E-state index >= 15 is 0 Å². The van der Waals surface area contributed by atoms with Gasteiger partial charge in [-0.1, -0.05) is 58.4 Å². The number of hydrogen-bond acceptors (Lipinski definition) is 7. The largest absolute Gasteiger partial charge is 0.497 e. The lowest BCUT2D eigenvalue weighted by Gasteiger charge is -2.40. The normalized spacial score (nSPS) is 27.5. The number of carbonyl (C=O) groups excluding carboxylic acids is 3. The first-order valence-electron chi connectivity index (χ1n) is 15.0. The van der Waals surface area contributed by atoms with Gasteiger partial charge in [-0.3, -0.25) is 14.4 Å². The molecule has 1 spiro atoms. The van der Waals surface area contributed by atoms with E-state index in [2.05, 4.69) is 29.1 Å². The van der Waals surface area contributed by atoms with Crippen LogP contribution in [-0.2, 0) is 19.1 Å². The van der Waals surface area contributed by atoms with Gasteiger partial charge in [0, 0.05) is 22.3 Å². The average Bonchev–Trinajstić information content (AvgIpc) is 3.64. The second kappa shape index (κ2) is 13.9. The maximum absolute atomic E-state index is 14.9. The molecule has 3 aliphatic heterocycles. The highest BCUT2D eigenvalue weighted by atomic mass is 79.9. The highest BCUT2D eigenvalue weighted by molar-refractivity contribution is 9.09. The number of aliphatic hydroxyl groups is 1. The summed E-state index contributed by atoms with van der Waals surface area (Å²) in [6.07, 6.45) is 6.41. The number of ether oxygens (including phenoxy) is 2. The molecule has 3 aliphatic rings. The Morgan fingerprint density at radius 3 is 2.52 bits per heavy atom. The summed E-state index contributed by atoms with van der Waals surface area (Å²) >= 11 is 5.35. The van der Waals surface area contributed by atoms with Gasteiger partial charge in [-0.05, 0) is 55.5 Å². The zero-order chi connectivity index (χ0) is 31.4. The number of benzene rings is 2. The van der Waals surface area contributed by atoms with E-state index < -0.39 is 34.6 Å². The van der Waals surface area contributed by atoms with Crippen molar-refractivity contribution in [1.82, 2.24) is 4.90 Å². The van der Waals surface area contributed by atoms with Gasteiger partial charge in [0.2, 0.25) is 5.91 Å². The van der Waals surface area contributed by atoms with E-state index in [1.54, 1.807) is 59.0 Å². The number of hydrogen-bond donors (Lipinski definition) is 1. The number of amides is 2. The van der Waals surface area contributed by atoms with Crippen molar-refractivity contribution in [1.29, 1.82) is 0 Å². The number of methoxy groups -OCH3 is 1. The van der Waals surface area contributed by atoms with Crippen molar-refractivity contribution in [3.05, 3.63) is 85.5 Å². The van der Waals surface area contributed by atoms with Gasteiger partial charge < -0.3 is 24.4 Å². The summed E-state index contributed by atoms with van der Waals surface area (Å²) in [5, 5.41) is 10.5. The molecule has 44 heavy (non-hydrogen) atoms. The first-order valence-corrected chi connectivity index (χ1v) is 16.8. The van der Waals surface area contributed by atoms with Crippen LogP contribution in [0.15, 0.2) is 79.9 Å². The molecule has 2 bridgehead atoms. The molecule has 3 fully saturated rings. The number of anilines is 1. The van der Waals surface area contributed by atoms with Gasteiger partial charge in [0.15, 0.2) is 0 Å². The van der Waals surface area contributed by atoms with Gasteiger partial charge in [0.05, 0.1) is 42.9 Å². The molecule has 5 rings (SSSR count). The Kier molecular flexibility index (Phi) is 10.2. The number of rotatable bonds is 14. The summed E-state index contributed by atoms with van der Waals surface area (Å²) in [7, 11) is 1.58. The van der Waals surface area contributed by atoms with Crippen LogP contribution >= 0.6 is 27.7 Å². The Balaban J connectivity index is 1.57. The van der Waals surface area contributed by atoms with E-state index in [0.29, 0.717) is 29.8 Å². The van der Waals surface area contributed by atoms with Gasteiger partial charge >= 0.3 is 5.97 Å². The van der Waals surface area contributed by atoms with E-state index in [1.807, 2.05) is 36.4 Å². The fourth-order valence-corrected chi connectivity index (χ4v) is 10.6. The minimum absolute atomic E-state index is 0.0942. The molecule has 3 saturated heterocycles. The molecule has 1 N–H and O–H groups in total. The van der Waals surface area contributed by atoms with Crippen molar-refractivity contribution in [3.8, 4) is 5.75 Å². The molecule has 0 radical (unpaired) electrons. The smallest absolute Gasteiger partial charge is 0.310 e. The minimum atomic E-state index is -0.945. The summed E-state index contributed by atoms with van der Waals surface area (Å²) in [6, 6.07) is 14.7. The monoisotopic (exact) mass is 682 g/mol. The SMILES string of the molecule is C=CCCCCOC(=O)[C@H]1[C@@H]2SC3(CC2Br)C(C(=O)N(CC=C)c2ccc(OC)cc2)N([C@H](CO)c2ccccc2)C(=O)[C@H]13. The van der Waals surface area contributed by atoms with Crippen LogP contribution in [0.3, 0.4) is 0 Å². The first kappa shape index (κ1) is 32.3. The highest BCUT2D eigenvalue weighted by Crippen LogP contribution is 2.68. The molecule has 0 saturated carbocycles. The third-order valence-corrected chi connectivity index (χ3v) is 12.2. The molecule has 2 aromatic carbocycles. The number of thioether (sulfide) groups is 1. The number of aliphatic hydroxyl groups excluding tert-OH is 1. The fourth-order valence-electron chi connectivity index (χ4n) is 7.00. The molecule has 2 aromatic rings. The van der Waals surface area contributed by atoms with Crippen LogP contribution < -0.4 is 9.64 Å². The van der Waals surface area contributed by atoms with E-state index in [4.69, 9.17) is 9.47 Å². The predicted molar refractivity (Wildman–Crippen MR) is 176 cm³/mol. The quantitative estimate of drug-likeness (QED) is 0.125. The third-order valence-electron chi connectivity index (χ3n) is 8.93. The summed E-state index contributed by atoms with van der Waals surface area (Å²) in [6.45, 7) is 7.73. The lowest BCUT2D eigenvalue weighted by atomic mass is 9.71. The molecule has 3 heterocycles. The van der Waals surface area contributed by atoms with Crippen molar-refractivity contribution in [2.45, 2.75) is 52.6 Å². The number of allylic oxidation sites excluding steroid dienone is 1. The Morgan fingerprint density at radius 1 is 1.16 bits per heavy atom. The topological polar surface area (TPSA) is 96.4 Å². The second-order valence-corrected chi connectivity index (χ2v) is 14.1. The Morgan fingerprint density at radius 2 is 1.89 bits per heavy atom. The lowest BCUT2D eigenvalue weighted by molar-refractivity contribution is -0.154. The van der Waals surface area contributed by atoms with Crippen molar-refractivity contribution in [2.24, 2.45) is 11.8 Å². The van der Waals surface area contributed by atoms with Crippen molar-refractivity contribution < 1.29 is 29.0 Å². The van der Waals surface area contributed by atoms with Crippen LogP contribution in [0, 0.1) is 11.8 Å². The van der Waals surface area contributed by atoms with Crippen LogP contribution in [-0.4, -0.2) is 75.5 Å². The van der Waals surface area contributed by atoms with E-state index in [1.165, 1.54) is 0 Å². The number of carbonyl (C=O) groups is 3. The average molecular weight is 684 g/mol. The summed E-state index contributed by atoms with van der Waals surface area (Å²) in [5.41, 5.74) is 1.35. The number of nitrogens with zero attached hydrogens (tertiary/aromatic N) is 2. The van der Waals surface area contributed by atoms with Gasteiger partial charge in [-0.25, -0.2) is 0 Å². The zero-order valence-corrected chi connectivity index (χ0v) is 27.3. The number of likely N-dealkylation sites (tertiary alicyclic amines) is 1. The van der Waals surface area contributed by atoms with Gasteiger partial charge in [-0.2, -0.15) is 0 Å². The number of fused-ring (bicyclic) bond motifs is 1. The standard InChI is InChI=1S/C34H39BrN2O6S/c1-4-6-7-11-19-43-33(41)27-28-31(39)37(26(21-38)22-12-9-8-10-13-22)30(34(28)20-25(35)29(27)44-34)32(40)36(18-5-2)23-14-16-24(42-3)17-15-23/h4-5,8-10,12-17,25-30,38H,1-2,6-7,11,18-21H2,3H3/t25?,26-,27-,28+,29-,30?,34?/m1/s1. The summed E-state index contributed by atoms with van der Waals surface area (Å²) < 4.78 is 10.2. The molecule has 8 nitrogen and oxygen atoms in total. The Labute approximate surface area is 271 Å². The van der Waals surface area contributed by atoms with Crippen LogP contribution in [0.4, 0.5) is 5.69 Å². The lowest BCUT2D eigenvalue weighted by Crippen LogP contribution is -2.56. The van der Waals surface area contributed by atoms with Gasteiger partial charge in [0.1, 0.15) is 11.8 Å². The molecule has 3 unspecified atom stereocenters. The Bertz CT molecular complexity index is 1370. The number of esters is 1. The van der Waals surface area contributed by atoms with E-state index in [0.717, 1.165) is 12.8 Å². The molecule has 234 valence electrons. The van der Waals surface area contributed by atoms with E-state index in [9.17, 15) is 19.5 Å². The summed E-state index contributed by atoms with van der Waals surface area (Å²) in [5.74, 6) is -1.82. The van der Waals surface area contributed by atoms with E-state index in [-0.39, 0.29) is 41.6 Å². The molecule has 10 heteroatoms. The van der Waals surface area contributed by atoms with Crippen molar-refractivity contribution >= 4 is 51.2 Å². The van der Waals surface area contributed by atoms with Crippen LogP contribution in [0.25, 0.3) is 0 Å². The number of halogens is 1. The maximum Gasteiger partial charge on any atom is 0.310 e. The molecule has 0 aromatic heterocycles. The van der Waals surface area contributed by atoms with Gasteiger partial charge in [0.25, 0.3) is 5.91 Å². The summed E-state index contributed by atoms with van der Waals surface area (Å²) in [4.78, 5) is 46.3. The number of unbranched alkanes of at least 4 members (excludes halogenated alkanes) is 2. The minimum Gasteiger partial charge on any atom is -0.497 e. The van der Waals surface area contributed by atoms with Gasteiger partial charge in [-0.15, -0.1) is 24.9 Å². The molecule has 7 atom stereocenters. The van der Waals surface area contributed by atoms with Crippen LogP contribution in [0.5, 0.6) is 5.75 Å². The second-order valence-electron chi connectivity index (χ2n) is 11.4. The Hall–Kier alpha value is -3.08. The predicted octanol–water partition coefficient (Wildman–Crippen LogP) is 5.31. The van der Waals surface area contributed by atoms with Crippen molar-refractivity contribution in [3.63, 3.8) is 0 Å². The number of alkyl halides is 1. The third kappa shape index (κ3) is 5.72. The molecule has 2 amide bonds. The zero-order valence-electron chi connectivity index (χ0n) is 24.8. The molecule has 0 aliphatic carbocycles. The fraction of sp³-hybridized carbons (Fsp3) is 0.441. The van der Waals surface area contributed by atoms with Crippen molar-refractivity contribution in [2.75, 3.05) is 31.8 Å².